The number of halogens is 1. The van der Waals surface area contributed by atoms with Gasteiger partial charge in [-0.05, 0) is 31.5 Å². The summed E-state index contributed by atoms with van der Waals surface area (Å²) in [5.41, 5.74) is 1.98. The number of aryl methyl sites for hydroxylation is 1. The Labute approximate surface area is 103 Å². The van der Waals surface area contributed by atoms with E-state index in [1.165, 1.54) is 0 Å². The zero-order chi connectivity index (χ0) is 11.5. The molecular formula is C11H14BrN3O. The molecule has 1 aromatic carbocycles. The Morgan fingerprint density at radius 2 is 2.31 bits per heavy atom. The molecule has 0 aliphatic rings. The van der Waals surface area contributed by atoms with Crippen molar-refractivity contribution in [3.63, 3.8) is 0 Å². The molecule has 1 atom stereocenters. The first-order valence-electron chi connectivity index (χ1n) is 5.22. The molecule has 1 unspecified atom stereocenters. The van der Waals surface area contributed by atoms with E-state index in [-0.39, 0.29) is 6.10 Å². The van der Waals surface area contributed by atoms with Crippen molar-refractivity contribution in [2.45, 2.75) is 26.0 Å². The first-order chi connectivity index (χ1) is 7.70. The lowest BCUT2D eigenvalue weighted by Gasteiger charge is -2.08. The van der Waals surface area contributed by atoms with E-state index in [2.05, 4.69) is 33.2 Å². The third-order valence-corrected chi connectivity index (χ3v) is 3.12. The molecule has 0 aliphatic heterocycles. The normalized spacial score (nSPS) is 13.2. The second-order valence-electron chi connectivity index (χ2n) is 3.78. The van der Waals surface area contributed by atoms with Crippen molar-refractivity contribution in [1.29, 1.82) is 0 Å². The maximum Gasteiger partial charge on any atom is 0.114 e. The van der Waals surface area contributed by atoms with Crippen molar-refractivity contribution >= 4 is 27.0 Å². The summed E-state index contributed by atoms with van der Waals surface area (Å²) >= 11 is 3.42. The molecule has 2 rings (SSSR count). The Morgan fingerprint density at radius 3 is 3.06 bits per heavy atom. The second kappa shape index (κ2) is 4.93. The summed E-state index contributed by atoms with van der Waals surface area (Å²) in [6, 6.07) is 6.00. The van der Waals surface area contributed by atoms with Crippen LogP contribution >= 0.6 is 15.9 Å². The SMILES string of the molecule is COC(C)CCn1nnc2cc(Br)ccc21. The maximum absolute atomic E-state index is 5.21. The summed E-state index contributed by atoms with van der Waals surface area (Å²) in [6.07, 6.45) is 1.18. The molecule has 0 spiro atoms. The molecule has 0 fully saturated rings. The molecule has 0 amide bonds. The third kappa shape index (κ3) is 2.41. The fourth-order valence-electron chi connectivity index (χ4n) is 1.53. The number of rotatable bonds is 4. The van der Waals surface area contributed by atoms with Crippen molar-refractivity contribution in [2.75, 3.05) is 7.11 Å². The molecule has 4 nitrogen and oxygen atoms in total. The highest BCUT2D eigenvalue weighted by Crippen LogP contribution is 2.17. The van der Waals surface area contributed by atoms with Crippen LogP contribution in [-0.4, -0.2) is 28.2 Å². The van der Waals surface area contributed by atoms with Gasteiger partial charge < -0.3 is 4.74 Å². The lowest BCUT2D eigenvalue weighted by Crippen LogP contribution is -2.10. The van der Waals surface area contributed by atoms with Gasteiger partial charge in [0.25, 0.3) is 0 Å². The number of fused-ring (bicyclic) bond motifs is 1. The number of aromatic nitrogens is 3. The average molecular weight is 284 g/mol. The molecule has 86 valence electrons. The molecule has 0 aliphatic carbocycles. The molecule has 5 heteroatoms. The summed E-state index contributed by atoms with van der Waals surface area (Å²) in [5.74, 6) is 0. The highest BCUT2D eigenvalue weighted by molar-refractivity contribution is 9.10. The number of hydrogen-bond acceptors (Lipinski definition) is 3. The zero-order valence-electron chi connectivity index (χ0n) is 9.35. The van der Waals surface area contributed by atoms with E-state index in [0.717, 1.165) is 28.5 Å². The molecule has 0 saturated heterocycles. The van der Waals surface area contributed by atoms with Gasteiger partial charge in [0.05, 0.1) is 11.6 Å². The first-order valence-corrected chi connectivity index (χ1v) is 6.01. The molecule has 1 heterocycles. The molecule has 0 radical (unpaired) electrons. The van der Waals surface area contributed by atoms with Crippen molar-refractivity contribution in [1.82, 2.24) is 15.0 Å². The Bertz CT molecular complexity index is 483. The topological polar surface area (TPSA) is 39.9 Å². The fourth-order valence-corrected chi connectivity index (χ4v) is 1.88. The van der Waals surface area contributed by atoms with Crippen LogP contribution in [0.5, 0.6) is 0 Å². The molecule has 0 bridgehead atoms. The van der Waals surface area contributed by atoms with Crippen LogP contribution in [0.2, 0.25) is 0 Å². The first kappa shape index (κ1) is 11.5. The zero-order valence-corrected chi connectivity index (χ0v) is 10.9. The fraction of sp³-hybridized carbons (Fsp3) is 0.455. The number of hydrogen-bond donors (Lipinski definition) is 0. The van der Waals surface area contributed by atoms with Crippen LogP contribution in [0.15, 0.2) is 22.7 Å². The largest absolute Gasteiger partial charge is 0.382 e. The van der Waals surface area contributed by atoms with E-state index in [0.29, 0.717) is 0 Å². The number of methoxy groups -OCH3 is 1. The molecular weight excluding hydrogens is 270 g/mol. The Balaban J connectivity index is 2.19. The number of benzene rings is 1. The van der Waals surface area contributed by atoms with Gasteiger partial charge in [-0.15, -0.1) is 5.10 Å². The van der Waals surface area contributed by atoms with Gasteiger partial charge in [-0.2, -0.15) is 0 Å². The Kier molecular flexibility index (Phi) is 3.56. The Hall–Kier alpha value is -0.940. The van der Waals surface area contributed by atoms with Gasteiger partial charge in [0.1, 0.15) is 5.52 Å². The average Bonchev–Trinajstić information content (AvgIpc) is 2.68. The third-order valence-electron chi connectivity index (χ3n) is 2.63. The van der Waals surface area contributed by atoms with Gasteiger partial charge in [0.15, 0.2) is 0 Å². The predicted octanol–water partition coefficient (Wildman–Crippen LogP) is 2.62. The van der Waals surface area contributed by atoms with Crippen molar-refractivity contribution in [3.05, 3.63) is 22.7 Å². The van der Waals surface area contributed by atoms with Gasteiger partial charge in [0.2, 0.25) is 0 Å². The molecule has 1 aromatic heterocycles. The lowest BCUT2D eigenvalue weighted by atomic mass is 10.2. The van der Waals surface area contributed by atoms with E-state index in [1.54, 1.807) is 7.11 Å². The van der Waals surface area contributed by atoms with Gasteiger partial charge in [0, 0.05) is 18.1 Å². The van der Waals surface area contributed by atoms with Crippen LogP contribution in [0.3, 0.4) is 0 Å². The highest BCUT2D eigenvalue weighted by Gasteiger charge is 2.06. The van der Waals surface area contributed by atoms with Crippen molar-refractivity contribution in [2.24, 2.45) is 0 Å². The van der Waals surface area contributed by atoms with Gasteiger partial charge >= 0.3 is 0 Å². The minimum atomic E-state index is 0.245. The quantitative estimate of drug-likeness (QED) is 0.866. The van der Waals surface area contributed by atoms with E-state index in [1.807, 2.05) is 22.9 Å². The summed E-state index contributed by atoms with van der Waals surface area (Å²) in [4.78, 5) is 0. The highest BCUT2D eigenvalue weighted by atomic mass is 79.9. The standard InChI is InChI=1S/C11H14BrN3O/c1-8(16-2)5-6-15-11-4-3-9(12)7-10(11)13-14-15/h3-4,7-8H,5-6H2,1-2H3. The predicted molar refractivity (Wildman–Crippen MR) is 66.3 cm³/mol. The van der Waals surface area contributed by atoms with Crippen LogP contribution in [-0.2, 0) is 11.3 Å². The Morgan fingerprint density at radius 1 is 1.50 bits per heavy atom. The van der Waals surface area contributed by atoms with Crippen LogP contribution in [0.1, 0.15) is 13.3 Å². The van der Waals surface area contributed by atoms with Gasteiger partial charge in [-0.3, -0.25) is 0 Å². The van der Waals surface area contributed by atoms with E-state index < -0.39 is 0 Å². The van der Waals surface area contributed by atoms with Crippen molar-refractivity contribution < 1.29 is 4.74 Å². The van der Waals surface area contributed by atoms with Gasteiger partial charge in [-0.25, -0.2) is 4.68 Å². The van der Waals surface area contributed by atoms with Crippen LogP contribution < -0.4 is 0 Å². The summed E-state index contributed by atoms with van der Waals surface area (Å²) < 4.78 is 8.15. The summed E-state index contributed by atoms with van der Waals surface area (Å²) in [5, 5.41) is 8.26. The van der Waals surface area contributed by atoms with E-state index in [4.69, 9.17) is 4.74 Å². The second-order valence-corrected chi connectivity index (χ2v) is 4.70. The van der Waals surface area contributed by atoms with Crippen LogP contribution in [0.4, 0.5) is 0 Å². The van der Waals surface area contributed by atoms with E-state index >= 15 is 0 Å². The minimum Gasteiger partial charge on any atom is -0.382 e. The van der Waals surface area contributed by atoms with Gasteiger partial charge in [-0.1, -0.05) is 21.1 Å². The lowest BCUT2D eigenvalue weighted by molar-refractivity contribution is 0.106. The maximum atomic E-state index is 5.21. The molecule has 0 N–H and O–H groups in total. The summed E-state index contributed by atoms with van der Waals surface area (Å²) in [7, 11) is 1.72. The summed E-state index contributed by atoms with van der Waals surface area (Å²) in [6.45, 7) is 2.88. The number of nitrogens with zero attached hydrogens (tertiary/aromatic N) is 3. The van der Waals surface area contributed by atoms with Crippen molar-refractivity contribution in [3.8, 4) is 0 Å². The molecule has 16 heavy (non-hydrogen) atoms. The smallest absolute Gasteiger partial charge is 0.114 e. The molecule has 0 saturated carbocycles. The van der Waals surface area contributed by atoms with E-state index in [9.17, 15) is 0 Å². The van der Waals surface area contributed by atoms with Crippen LogP contribution in [0.25, 0.3) is 11.0 Å². The number of ether oxygens (including phenoxy) is 1. The minimum absolute atomic E-state index is 0.245. The monoisotopic (exact) mass is 283 g/mol. The molecule has 2 aromatic rings. The van der Waals surface area contributed by atoms with Crippen LogP contribution in [0, 0.1) is 0 Å².